The second kappa shape index (κ2) is 8.99. The van der Waals surface area contributed by atoms with Crippen molar-refractivity contribution in [2.45, 2.75) is 37.5 Å². The van der Waals surface area contributed by atoms with Gasteiger partial charge in [0.05, 0.1) is 23.4 Å². The molecule has 4 aromatic rings. The molecular formula is C22H26N6O4S2. The van der Waals surface area contributed by atoms with Gasteiger partial charge in [-0.15, -0.1) is 5.10 Å². The summed E-state index contributed by atoms with van der Waals surface area (Å²) in [5, 5.41) is 9.13. The fourth-order valence-corrected chi connectivity index (χ4v) is 5.20. The van der Waals surface area contributed by atoms with Crippen molar-refractivity contribution in [2.75, 3.05) is 30.9 Å². The van der Waals surface area contributed by atoms with Gasteiger partial charge in [0.15, 0.2) is 15.7 Å². The molecule has 10 nitrogen and oxygen atoms in total. The number of piperidine rings is 1. The van der Waals surface area contributed by atoms with Gasteiger partial charge in [0.2, 0.25) is 4.96 Å². The van der Waals surface area contributed by atoms with Crippen molar-refractivity contribution in [2.24, 2.45) is 5.92 Å². The summed E-state index contributed by atoms with van der Waals surface area (Å²) in [5.74, 6) is 1.42. The van der Waals surface area contributed by atoms with E-state index in [4.69, 9.17) is 9.26 Å². The number of imidazole rings is 1. The molecule has 1 aliphatic heterocycles. The quantitative estimate of drug-likeness (QED) is 0.373. The number of ether oxygens (including phenoxy) is 1. The van der Waals surface area contributed by atoms with Crippen molar-refractivity contribution in [1.29, 1.82) is 0 Å². The molecule has 5 rings (SSSR count). The van der Waals surface area contributed by atoms with Crippen LogP contribution in [0.3, 0.4) is 0 Å². The number of fused-ring (bicyclic) bond motifs is 1. The summed E-state index contributed by atoms with van der Waals surface area (Å²) in [6, 6.07) is 7.29. The van der Waals surface area contributed by atoms with Crippen LogP contribution in [0, 0.1) is 5.92 Å². The van der Waals surface area contributed by atoms with Crippen LogP contribution in [0.2, 0.25) is 0 Å². The van der Waals surface area contributed by atoms with Gasteiger partial charge in [-0.2, -0.15) is 4.98 Å². The van der Waals surface area contributed by atoms with Crippen LogP contribution < -0.4 is 9.64 Å². The van der Waals surface area contributed by atoms with Gasteiger partial charge in [-0.25, -0.2) is 17.9 Å². The first-order chi connectivity index (χ1) is 16.3. The molecule has 0 atom stereocenters. The number of benzene rings is 1. The minimum atomic E-state index is -3.22. The maximum Gasteiger partial charge on any atom is 0.324 e. The normalized spacial score (nSPS) is 15.5. The molecule has 1 aliphatic rings. The average Bonchev–Trinajstić information content (AvgIpc) is 3.53. The summed E-state index contributed by atoms with van der Waals surface area (Å²) < 4.78 is 36.4. The van der Waals surface area contributed by atoms with Crippen molar-refractivity contribution < 1.29 is 17.7 Å². The van der Waals surface area contributed by atoms with Crippen LogP contribution in [0.15, 0.2) is 39.9 Å². The van der Waals surface area contributed by atoms with Crippen LogP contribution in [0.25, 0.3) is 16.2 Å². The number of hydrogen-bond acceptors (Lipinski definition) is 10. The third kappa shape index (κ3) is 4.78. The lowest BCUT2D eigenvalue weighted by Gasteiger charge is -2.30. The average molecular weight is 503 g/mol. The fourth-order valence-electron chi connectivity index (χ4n) is 3.82. The maximum absolute atomic E-state index is 11.6. The monoisotopic (exact) mass is 502 g/mol. The molecule has 0 bridgehead atoms. The van der Waals surface area contributed by atoms with E-state index >= 15 is 0 Å². The first-order valence-corrected chi connectivity index (χ1v) is 13.8. The van der Waals surface area contributed by atoms with Gasteiger partial charge in [0, 0.05) is 30.8 Å². The summed E-state index contributed by atoms with van der Waals surface area (Å²) in [4.78, 5) is 12.2. The van der Waals surface area contributed by atoms with Crippen molar-refractivity contribution in [3.8, 4) is 16.5 Å². The van der Waals surface area contributed by atoms with E-state index in [0.29, 0.717) is 23.7 Å². The molecule has 3 aromatic heterocycles. The Morgan fingerprint density at radius 3 is 2.53 bits per heavy atom. The third-order valence-corrected chi connectivity index (χ3v) is 7.84. The van der Waals surface area contributed by atoms with Gasteiger partial charge < -0.3 is 14.2 Å². The summed E-state index contributed by atoms with van der Waals surface area (Å²) in [6.07, 6.45) is 4.98. The van der Waals surface area contributed by atoms with E-state index in [1.54, 1.807) is 28.8 Å². The zero-order chi connectivity index (χ0) is 23.9. The second-order valence-electron chi connectivity index (χ2n) is 8.85. The zero-order valence-electron chi connectivity index (χ0n) is 19.2. The van der Waals surface area contributed by atoms with Crippen LogP contribution in [0.5, 0.6) is 5.19 Å². The lowest BCUT2D eigenvalue weighted by molar-refractivity contribution is 0.217. The molecule has 0 spiro atoms. The van der Waals surface area contributed by atoms with Crippen LogP contribution in [0.1, 0.15) is 38.4 Å². The summed E-state index contributed by atoms with van der Waals surface area (Å²) in [6.45, 7) is 6.41. The minimum absolute atomic E-state index is 0.249. The Hall–Kier alpha value is -2.99. The summed E-state index contributed by atoms with van der Waals surface area (Å²) in [5.41, 5.74) is 1.57. The van der Waals surface area contributed by atoms with Crippen molar-refractivity contribution in [3.05, 3.63) is 36.3 Å². The van der Waals surface area contributed by atoms with E-state index in [9.17, 15) is 8.42 Å². The molecule has 4 heterocycles. The molecule has 1 saturated heterocycles. The summed E-state index contributed by atoms with van der Waals surface area (Å²) in [7, 11) is -3.22. The maximum atomic E-state index is 11.6. The van der Waals surface area contributed by atoms with E-state index in [1.165, 1.54) is 17.6 Å². The zero-order valence-corrected chi connectivity index (χ0v) is 20.8. The van der Waals surface area contributed by atoms with Crippen LogP contribution in [-0.2, 0) is 9.84 Å². The van der Waals surface area contributed by atoms with Crippen LogP contribution in [-0.4, -0.2) is 59.1 Å². The number of rotatable bonds is 7. The molecule has 0 radical (unpaired) electrons. The molecule has 0 N–H and O–H groups in total. The van der Waals surface area contributed by atoms with E-state index in [0.717, 1.165) is 48.0 Å². The number of anilines is 1. The fraction of sp³-hybridized carbons (Fsp3) is 0.455. The number of hydrogen-bond donors (Lipinski definition) is 0. The van der Waals surface area contributed by atoms with Crippen molar-refractivity contribution in [3.63, 3.8) is 0 Å². The highest BCUT2D eigenvalue weighted by Crippen LogP contribution is 2.28. The Labute approximate surface area is 201 Å². The van der Waals surface area contributed by atoms with Crippen molar-refractivity contribution >= 4 is 32.1 Å². The number of sulfone groups is 1. The van der Waals surface area contributed by atoms with Crippen LogP contribution >= 0.6 is 11.3 Å². The number of aromatic nitrogens is 5. The molecular weight excluding hydrogens is 476 g/mol. The van der Waals surface area contributed by atoms with E-state index in [2.05, 4.69) is 25.1 Å². The second-order valence-corrected chi connectivity index (χ2v) is 11.8. The Bertz CT molecular complexity index is 1350. The largest absolute Gasteiger partial charge is 0.469 e. The Morgan fingerprint density at radius 1 is 1.18 bits per heavy atom. The van der Waals surface area contributed by atoms with E-state index in [1.807, 2.05) is 20.0 Å². The topological polar surface area (TPSA) is 116 Å². The molecule has 34 heavy (non-hydrogen) atoms. The van der Waals surface area contributed by atoms with Gasteiger partial charge in [0.25, 0.3) is 5.19 Å². The van der Waals surface area contributed by atoms with Crippen molar-refractivity contribution in [1.82, 2.24) is 24.7 Å². The van der Waals surface area contributed by atoms with Gasteiger partial charge >= 0.3 is 6.01 Å². The van der Waals surface area contributed by atoms with Gasteiger partial charge in [-0.1, -0.05) is 31.1 Å². The van der Waals surface area contributed by atoms with Crippen LogP contribution in [0.4, 0.5) is 6.01 Å². The lowest BCUT2D eigenvalue weighted by atomic mass is 9.98. The summed E-state index contributed by atoms with van der Waals surface area (Å²) >= 11 is 1.39. The van der Waals surface area contributed by atoms with Gasteiger partial charge in [0.1, 0.15) is 0 Å². The smallest absolute Gasteiger partial charge is 0.324 e. The molecule has 0 unspecified atom stereocenters. The van der Waals surface area contributed by atoms with Gasteiger partial charge in [-0.05, 0) is 42.2 Å². The number of nitrogens with zero attached hydrogens (tertiary/aromatic N) is 6. The third-order valence-electron chi connectivity index (χ3n) is 5.88. The molecule has 1 fully saturated rings. The highest BCUT2D eigenvalue weighted by molar-refractivity contribution is 7.90. The molecule has 0 saturated carbocycles. The van der Waals surface area contributed by atoms with E-state index < -0.39 is 9.84 Å². The predicted octanol–water partition coefficient (Wildman–Crippen LogP) is 3.66. The first kappa shape index (κ1) is 22.8. The first-order valence-electron chi connectivity index (χ1n) is 11.1. The molecule has 180 valence electrons. The molecule has 12 heteroatoms. The predicted molar refractivity (Wildman–Crippen MR) is 128 cm³/mol. The van der Waals surface area contributed by atoms with E-state index in [-0.39, 0.29) is 10.8 Å². The molecule has 0 aliphatic carbocycles. The highest BCUT2D eigenvalue weighted by atomic mass is 32.2. The molecule has 1 aromatic carbocycles. The van der Waals surface area contributed by atoms with Gasteiger partial charge in [-0.3, -0.25) is 0 Å². The Kier molecular flexibility index (Phi) is 6.02. The highest BCUT2D eigenvalue weighted by Gasteiger charge is 2.24. The standard InChI is InChI=1S/C22H26N6O4S2/c1-14(2)19-24-20(32-26-19)27-10-8-15(9-11-27)13-31-22-25-28-12-18(23-21(28)33-22)16-4-6-17(7-5-16)34(3,29)30/h4-7,12,14-15H,8-11,13H2,1-3H3. The minimum Gasteiger partial charge on any atom is -0.469 e. The Balaban J connectivity index is 1.16. The Morgan fingerprint density at radius 2 is 1.91 bits per heavy atom. The SMILES string of the molecule is CC(C)c1noc(N2CCC(COc3nn4cc(-c5ccc(S(C)(=O)=O)cc5)nc4s3)CC2)n1. The molecule has 0 amide bonds. The lowest BCUT2D eigenvalue weighted by Crippen LogP contribution is -2.35.